The first kappa shape index (κ1) is 12.0. The molecule has 0 aromatic rings. The zero-order chi connectivity index (χ0) is 10.2. The van der Waals surface area contributed by atoms with Gasteiger partial charge in [0.05, 0.1) is 6.61 Å². The highest BCUT2D eigenvalue weighted by molar-refractivity contribution is 4.74. The highest BCUT2D eigenvalue weighted by Crippen LogP contribution is 2.17. The SMILES string of the molecule is CCC(CO)NC1CCCCCCC1. The van der Waals surface area contributed by atoms with Crippen LogP contribution in [-0.4, -0.2) is 23.8 Å². The first-order valence-electron chi connectivity index (χ1n) is 6.23. The monoisotopic (exact) mass is 199 g/mol. The second-order valence-corrected chi connectivity index (χ2v) is 4.50. The van der Waals surface area contributed by atoms with Gasteiger partial charge in [-0.1, -0.05) is 39.0 Å². The van der Waals surface area contributed by atoms with Crippen LogP contribution in [0.4, 0.5) is 0 Å². The van der Waals surface area contributed by atoms with Gasteiger partial charge in [0.15, 0.2) is 0 Å². The molecule has 0 amide bonds. The van der Waals surface area contributed by atoms with Gasteiger partial charge in [-0.3, -0.25) is 0 Å². The summed E-state index contributed by atoms with van der Waals surface area (Å²) in [6.45, 7) is 2.42. The lowest BCUT2D eigenvalue weighted by Crippen LogP contribution is -2.40. The van der Waals surface area contributed by atoms with Gasteiger partial charge in [0.25, 0.3) is 0 Å². The number of hydrogen-bond acceptors (Lipinski definition) is 2. The highest BCUT2D eigenvalue weighted by Gasteiger charge is 2.14. The van der Waals surface area contributed by atoms with Gasteiger partial charge < -0.3 is 10.4 Å². The van der Waals surface area contributed by atoms with Gasteiger partial charge in [0.2, 0.25) is 0 Å². The third-order valence-corrected chi connectivity index (χ3v) is 3.29. The van der Waals surface area contributed by atoms with Crippen molar-refractivity contribution >= 4 is 0 Å². The van der Waals surface area contributed by atoms with Gasteiger partial charge in [0.1, 0.15) is 0 Å². The maximum Gasteiger partial charge on any atom is 0.0584 e. The third-order valence-electron chi connectivity index (χ3n) is 3.29. The minimum absolute atomic E-state index is 0.285. The summed E-state index contributed by atoms with van der Waals surface area (Å²) in [5.41, 5.74) is 0. The maximum absolute atomic E-state index is 9.12. The fraction of sp³-hybridized carbons (Fsp3) is 1.00. The van der Waals surface area contributed by atoms with Crippen molar-refractivity contribution in [3.8, 4) is 0 Å². The summed E-state index contributed by atoms with van der Waals surface area (Å²) < 4.78 is 0. The van der Waals surface area contributed by atoms with Crippen molar-refractivity contribution in [1.29, 1.82) is 0 Å². The first-order valence-corrected chi connectivity index (χ1v) is 6.23. The molecule has 1 rings (SSSR count). The number of rotatable bonds is 4. The van der Waals surface area contributed by atoms with E-state index in [0.29, 0.717) is 12.1 Å². The molecule has 2 heteroatoms. The Morgan fingerprint density at radius 3 is 2.21 bits per heavy atom. The van der Waals surface area contributed by atoms with Crippen molar-refractivity contribution in [3.05, 3.63) is 0 Å². The lowest BCUT2D eigenvalue weighted by Gasteiger charge is -2.25. The van der Waals surface area contributed by atoms with Gasteiger partial charge in [-0.2, -0.15) is 0 Å². The van der Waals surface area contributed by atoms with Crippen molar-refractivity contribution in [3.63, 3.8) is 0 Å². The number of aliphatic hydroxyl groups excluding tert-OH is 1. The van der Waals surface area contributed by atoms with Crippen LogP contribution in [0.15, 0.2) is 0 Å². The van der Waals surface area contributed by atoms with Crippen molar-refractivity contribution in [2.45, 2.75) is 70.4 Å². The van der Waals surface area contributed by atoms with Crippen LogP contribution in [0.5, 0.6) is 0 Å². The molecule has 0 aromatic carbocycles. The van der Waals surface area contributed by atoms with E-state index in [1.54, 1.807) is 0 Å². The van der Waals surface area contributed by atoms with Gasteiger partial charge in [-0.15, -0.1) is 0 Å². The van der Waals surface area contributed by atoms with Gasteiger partial charge in [0, 0.05) is 12.1 Å². The molecule has 0 bridgehead atoms. The maximum atomic E-state index is 9.12. The molecular weight excluding hydrogens is 174 g/mol. The van der Waals surface area contributed by atoms with Crippen molar-refractivity contribution in [2.75, 3.05) is 6.61 Å². The molecule has 1 fully saturated rings. The molecule has 0 aliphatic heterocycles. The topological polar surface area (TPSA) is 32.3 Å². The van der Waals surface area contributed by atoms with Crippen LogP contribution in [0.2, 0.25) is 0 Å². The summed E-state index contributed by atoms with van der Waals surface area (Å²) in [5, 5.41) is 12.7. The summed E-state index contributed by atoms with van der Waals surface area (Å²) in [6.07, 6.45) is 10.6. The lowest BCUT2D eigenvalue weighted by molar-refractivity contribution is 0.218. The normalized spacial score (nSPS) is 22.7. The van der Waals surface area contributed by atoms with E-state index in [-0.39, 0.29) is 6.61 Å². The van der Waals surface area contributed by atoms with Crippen LogP contribution in [0.1, 0.15) is 58.3 Å². The molecule has 1 atom stereocenters. The summed E-state index contributed by atoms with van der Waals surface area (Å²) >= 11 is 0. The zero-order valence-electron chi connectivity index (χ0n) is 9.47. The smallest absolute Gasteiger partial charge is 0.0584 e. The highest BCUT2D eigenvalue weighted by atomic mass is 16.3. The van der Waals surface area contributed by atoms with Crippen LogP contribution in [0, 0.1) is 0 Å². The molecule has 0 spiro atoms. The Morgan fingerprint density at radius 2 is 1.71 bits per heavy atom. The molecule has 14 heavy (non-hydrogen) atoms. The largest absolute Gasteiger partial charge is 0.395 e. The van der Waals surface area contributed by atoms with Crippen LogP contribution in [0.25, 0.3) is 0 Å². The van der Waals surface area contributed by atoms with Crippen LogP contribution < -0.4 is 5.32 Å². The molecule has 0 heterocycles. The minimum atomic E-state index is 0.285. The molecule has 0 radical (unpaired) electrons. The van der Waals surface area contributed by atoms with Crippen LogP contribution in [0.3, 0.4) is 0 Å². The Hall–Kier alpha value is -0.0800. The average Bonchev–Trinajstić information content (AvgIpc) is 2.16. The van der Waals surface area contributed by atoms with Gasteiger partial charge >= 0.3 is 0 Å². The van der Waals surface area contributed by atoms with Crippen molar-refractivity contribution in [2.24, 2.45) is 0 Å². The number of aliphatic hydroxyl groups is 1. The molecule has 1 aliphatic rings. The predicted molar refractivity (Wildman–Crippen MR) is 60.4 cm³/mol. The lowest BCUT2D eigenvalue weighted by atomic mass is 9.96. The fourth-order valence-corrected chi connectivity index (χ4v) is 2.26. The van der Waals surface area contributed by atoms with E-state index in [2.05, 4.69) is 12.2 Å². The van der Waals surface area contributed by atoms with Gasteiger partial charge in [-0.05, 0) is 19.3 Å². The summed E-state index contributed by atoms with van der Waals surface area (Å²) in [6, 6.07) is 0.979. The zero-order valence-corrected chi connectivity index (χ0v) is 9.47. The Labute approximate surface area is 88.1 Å². The second-order valence-electron chi connectivity index (χ2n) is 4.50. The van der Waals surface area contributed by atoms with Crippen LogP contribution in [-0.2, 0) is 0 Å². The Kier molecular flexibility index (Phi) is 6.20. The first-order chi connectivity index (χ1) is 6.86. The molecule has 1 aliphatic carbocycles. The van der Waals surface area contributed by atoms with E-state index < -0.39 is 0 Å². The van der Waals surface area contributed by atoms with E-state index in [1.165, 1.54) is 44.9 Å². The fourth-order valence-electron chi connectivity index (χ4n) is 2.26. The number of hydrogen-bond donors (Lipinski definition) is 2. The summed E-state index contributed by atoms with van der Waals surface area (Å²) in [7, 11) is 0. The Bertz CT molecular complexity index is 126. The third kappa shape index (κ3) is 4.43. The average molecular weight is 199 g/mol. The Balaban J connectivity index is 2.25. The minimum Gasteiger partial charge on any atom is -0.395 e. The quantitative estimate of drug-likeness (QED) is 0.729. The predicted octanol–water partition coefficient (Wildman–Crippen LogP) is 2.46. The molecule has 1 saturated carbocycles. The molecule has 2 N–H and O–H groups in total. The Morgan fingerprint density at radius 1 is 1.14 bits per heavy atom. The van der Waals surface area contributed by atoms with Crippen molar-refractivity contribution < 1.29 is 5.11 Å². The number of nitrogens with one attached hydrogen (secondary N) is 1. The standard InChI is InChI=1S/C12H25NO/c1-2-11(10-14)13-12-8-6-4-3-5-7-9-12/h11-14H,2-10H2,1H3. The molecule has 2 nitrogen and oxygen atoms in total. The van der Waals surface area contributed by atoms with Crippen molar-refractivity contribution in [1.82, 2.24) is 5.32 Å². The molecule has 0 aromatic heterocycles. The van der Waals surface area contributed by atoms with E-state index in [9.17, 15) is 0 Å². The van der Waals surface area contributed by atoms with Gasteiger partial charge in [-0.25, -0.2) is 0 Å². The van der Waals surface area contributed by atoms with E-state index in [1.807, 2.05) is 0 Å². The van der Waals surface area contributed by atoms with E-state index in [0.717, 1.165) is 6.42 Å². The van der Waals surface area contributed by atoms with Crippen LogP contribution >= 0.6 is 0 Å². The molecule has 1 unspecified atom stereocenters. The van der Waals surface area contributed by atoms with E-state index >= 15 is 0 Å². The summed E-state index contributed by atoms with van der Waals surface area (Å²) in [5.74, 6) is 0. The molecule has 0 saturated heterocycles. The molecule has 84 valence electrons. The second kappa shape index (κ2) is 7.24. The molecular formula is C12H25NO. The van der Waals surface area contributed by atoms with E-state index in [4.69, 9.17) is 5.11 Å². The summed E-state index contributed by atoms with van der Waals surface area (Å²) in [4.78, 5) is 0.